The van der Waals surface area contributed by atoms with E-state index in [9.17, 15) is 9.18 Å². The van der Waals surface area contributed by atoms with Gasteiger partial charge in [0.15, 0.2) is 0 Å². The van der Waals surface area contributed by atoms with E-state index in [2.05, 4.69) is 20.5 Å². The molecule has 10 heteroatoms. The average Bonchev–Trinajstić information content (AvgIpc) is 3.36. The molecule has 1 aromatic carbocycles. The molecule has 1 N–H and O–H groups in total. The molecule has 0 spiro atoms. The molecular formula is C29H33FN4O4S. The van der Waals surface area contributed by atoms with Crippen molar-refractivity contribution in [3.05, 3.63) is 82.5 Å². The molecule has 0 saturated carbocycles. The first-order valence-electron chi connectivity index (χ1n) is 12.3. The zero-order valence-corrected chi connectivity index (χ0v) is 24.0. The molecular weight excluding hydrogens is 519 g/mol. The van der Waals surface area contributed by atoms with Crippen LogP contribution in [0.2, 0.25) is 0 Å². The summed E-state index contributed by atoms with van der Waals surface area (Å²) in [6.45, 7) is 9.99. The van der Waals surface area contributed by atoms with Gasteiger partial charge in [-0.3, -0.25) is 15.1 Å². The maximum atomic E-state index is 14.8. The van der Waals surface area contributed by atoms with Crippen molar-refractivity contribution in [1.29, 1.82) is 0 Å². The van der Waals surface area contributed by atoms with Crippen molar-refractivity contribution < 1.29 is 23.4 Å². The summed E-state index contributed by atoms with van der Waals surface area (Å²) in [7, 11) is 3.12. The van der Waals surface area contributed by atoms with E-state index in [0.29, 0.717) is 22.2 Å². The first-order chi connectivity index (χ1) is 18.7. The number of halogens is 1. The normalized spacial score (nSPS) is 12.4. The van der Waals surface area contributed by atoms with Crippen LogP contribution in [0.25, 0.3) is 11.1 Å². The summed E-state index contributed by atoms with van der Waals surface area (Å²) in [5.74, 6) is -0.712. The SMILES string of the molecule is C/C=C(\C=C/C(COc1nnc(NC(=O)c2cnc(C)cc2-c2c(F)cccc2OC)s1)=C(C)C)C(C)OC. The molecule has 1 unspecified atom stereocenters. The maximum absolute atomic E-state index is 14.8. The van der Waals surface area contributed by atoms with E-state index in [1.54, 1.807) is 32.2 Å². The zero-order chi connectivity index (χ0) is 28.5. The highest BCUT2D eigenvalue weighted by molar-refractivity contribution is 7.17. The number of aromatic nitrogens is 3. The summed E-state index contributed by atoms with van der Waals surface area (Å²) in [5, 5.41) is 11.3. The van der Waals surface area contributed by atoms with Gasteiger partial charge in [0.2, 0.25) is 5.13 Å². The lowest BCUT2D eigenvalue weighted by atomic mass is 9.98. The number of pyridine rings is 1. The molecule has 0 aliphatic rings. The quantitative estimate of drug-likeness (QED) is 0.269. The van der Waals surface area contributed by atoms with E-state index in [1.807, 2.05) is 45.9 Å². The van der Waals surface area contributed by atoms with E-state index >= 15 is 0 Å². The Morgan fingerprint density at radius 3 is 2.64 bits per heavy atom. The minimum Gasteiger partial charge on any atom is -0.496 e. The minimum atomic E-state index is -0.511. The number of hydrogen-bond donors (Lipinski definition) is 1. The molecule has 39 heavy (non-hydrogen) atoms. The number of aryl methyl sites for hydroxylation is 1. The third kappa shape index (κ3) is 7.58. The number of carbonyl (C=O) groups is 1. The average molecular weight is 553 g/mol. The minimum absolute atomic E-state index is 0.0244. The second-order valence-electron chi connectivity index (χ2n) is 8.83. The van der Waals surface area contributed by atoms with E-state index in [1.165, 1.54) is 19.4 Å². The molecule has 2 heterocycles. The van der Waals surface area contributed by atoms with Crippen molar-refractivity contribution in [1.82, 2.24) is 15.2 Å². The first-order valence-corrected chi connectivity index (χ1v) is 13.1. The number of anilines is 1. The molecule has 8 nitrogen and oxygen atoms in total. The van der Waals surface area contributed by atoms with E-state index in [0.717, 1.165) is 28.1 Å². The summed E-state index contributed by atoms with van der Waals surface area (Å²) in [4.78, 5) is 17.4. The Morgan fingerprint density at radius 1 is 1.21 bits per heavy atom. The number of nitrogens with zero attached hydrogens (tertiary/aromatic N) is 3. The van der Waals surface area contributed by atoms with Crippen LogP contribution in [0.1, 0.15) is 43.7 Å². The van der Waals surface area contributed by atoms with Crippen LogP contribution in [0.4, 0.5) is 9.52 Å². The lowest BCUT2D eigenvalue weighted by Gasteiger charge is -2.14. The molecule has 206 valence electrons. The Kier molecular flexibility index (Phi) is 10.5. The summed E-state index contributed by atoms with van der Waals surface area (Å²) in [6, 6.07) is 6.14. The predicted molar refractivity (Wildman–Crippen MR) is 152 cm³/mol. The van der Waals surface area contributed by atoms with Crippen molar-refractivity contribution in [3.8, 4) is 22.1 Å². The number of hydrogen-bond acceptors (Lipinski definition) is 8. The van der Waals surface area contributed by atoms with E-state index in [-0.39, 0.29) is 29.0 Å². The van der Waals surface area contributed by atoms with Crippen LogP contribution in [0, 0.1) is 12.7 Å². The number of carbonyl (C=O) groups excluding carboxylic acids is 1. The van der Waals surface area contributed by atoms with Gasteiger partial charge in [-0.15, -0.1) is 5.10 Å². The zero-order valence-electron chi connectivity index (χ0n) is 23.2. The Bertz CT molecular complexity index is 1410. The highest BCUT2D eigenvalue weighted by atomic mass is 32.1. The number of allylic oxidation sites excluding steroid dienone is 2. The van der Waals surface area contributed by atoms with Gasteiger partial charge in [0.25, 0.3) is 11.1 Å². The molecule has 0 saturated heterocycles. The molecule has 0 fully saturated rings. The van der Waals surface area contributed by atoms with Crippen molar-refractivity contribution >= 4 is 22.4 Å². The van der Waals surface area contributed by atoms with Crippen LogP contribution < -0.4 is 14.8 Å². The lowest BCUT2D eigenvalue weighted by Crippen LogP contribution is -2.14. The van der Waals surface area contributed by atoms with Gasteiger partial charge in [0.1, 0.15) is 18.2 Å². The Hall–Kier alpha value is -3.89. The van der Waals surface area contributed by atoms with Gasteiger partial charge in [-0.2, -0.15) is 0 Å². The monoisotopic (exact) mass is 552 g/mol. The topological polar surface area (TPSA) is 95.5 Å². The smallest absolute Gasteiger partial charge is 0.296 e. The number of nitrogens with one attached hydrogen (secondary N) is 1. The Labute approximate surface area is 232 Å². The Morgan fingerprint density at radius 2 is 1.97 bits per heavy atom. The van der Waals surface area contributed by atoms with Crippen LogP contribution >= 0.6 is 11.3 Å². The van der Waals surface area contributed by atoms with Gasteiger partial charge in [0, 0.05) is 24.6 Å². The first kappa shape index (κ1) is 29.7. The highest BCUT2D eigenvalue weighted by Gasteiger charge is 2.21. The second-order valence-corrected chi connectivity index (χ2v) is 9.77. The van der Waals surface area contributed by atoms with E-state index in [4.69, 9.17) is 14.2 Å². The second kappa shape index (κ2) is 13.8. The number of rotatable bonds is 11. The summed E-state index contributed by atoms with van der Waals surface area (Å²) in [5.41, 5.74) is 4.46. The fraction of sp³-hybridized carbons (Fsp3) is 0.310. The third-order valence-corrected chi connectivity index (χ3v) is 6.75. The molecule has 3 rings (SSSR count). The van der Waals surface area contributed by atoms with Crippen molar-refractivity contribution in [2.24, 2.45) is 0 Å². The largest absolute Gasteiger partial charge is 0.496 e. The summed E-state index contributed by atoms with van der Waals surface area (Å²) >= 11 is 1.09. The highest BCUT2D eigenvalue weighted by Crippen LogP contribution is 2.35. The molecule has 2 aromatic heterocycles. The molecule has 0 radical (unpaired) electrons. The summed E-state index contributed by atoms with van der Waals surface area (Å²) in [6.07, 6.45) is 7.38. The van der Waals surface area contributed by atoms with E-state index < -0.39 is 11.7 Å². The number of benzene rings is 1. The van der Waals surface area contributed by atoms with Crippen molar-refractivity contribution in [3.63, 3.8) is 0 Å². The number of ether oxygens (including phenoxy) is 3. The van der Waals surface area contributed by atoms with Crippen LogP contribution in [-0.4, -0.2) is 48.0 Å². The van der Waals surface area contributed by atoms with Crippen LogP contribution in [0.3, 0.4) is 0 Å². The van der Waals surface area contributed by atoms with Crippen molar-refractivity contribution in [2.45, 2.75) is 40.7 Å². The van der Waals surface area contributed by atoms with Gasteiger partial charge in [-0.1, -0.05) is 35.0 Å². The van der Waals surface area contributed by atoms with Crippen LogP contribution in [-0.2, 0) is 4.74 Å². The van der Waals surface area contributed by atoms with Crippen molar-refractivity contribution in [2.75, 3.05) is 26.1 Å². The van der Waals surface area contributed by atoms with Crippen LogP contribution in [0.15, 0.2) is 65.4 Å². The summed E-state index contributed by atoms with van der Waals surface area (Å²) < 4.78 is 31.4. The molecule has 0 bridgehead atoms. The number of amides is 1. The fourth-order valence-electron chi connectivity index (χ4n) is 3.66. The maximum Gasteiger partial charge on any atom is 0.296 e. The van der Waals surface area contributed by atoms with Gasteiger partial charge in [0.05, 0.1) is 24.3 Å². The standard InChI is InChI=1S/C29H33FN4O4S/c1-8-20(19(5)36-6)12-13-21(17(2)3)16-38-29-34-33-28(39-29)32-27(35)23-15-31-18(4)14-22(23)26-24(30)10-9-11-25(26)37-7/h8-15,19H,16H2,1-7H3,(H,32,33,35)/b13-12-,20-8+. The molecule has 0 aliphatic heterocycles. The van der Waals surface area contributed by atoms with Gasteiger partial charge in [-0.25, -0.2) is 4.39 Å². The molecule has 1 amide bonds. The fourth-order valence-corrected chi connectivity index (χ4v) is 4.25. The van der Waals surface area contributed by atoms with Gasteiger partial charge < -0.3 is 14.2 Å². The number of methoxy groups -OCH3 is 2. The van der Waals surface area contributed by atoms with Gasteiger partial charge >= 0.3 is 0 Å². The van der Waals surface area contributed by atoms with Crippen LogP contribution in [0.5, 0.6) is 10.9 Å². The third-order valence-electron chi connectivity index (χ3n) is 6.00. The lowest BCUT2D eigenvalue weighted by molar-refractivity contribution is 0.102. The predicted octanol–water partition coefficient (Wildman–Crippen LogP) is 6.56. The Balaban J connectivity index is 1.76. The van der Waals surface area contributed by atoms with Gasteiger partial charge in [-0.05, 0) is 75.3 Å². The molecule has 0 aliphatic carbocycles. The molecule has 1 atom stereocenters. The molecule has 3 aromatic rings.